The molecule has 0 saturated carbocycles. The fraction of sp³-hybridized carbons (Fsp3) is 0.467. The Balaban J connectivity index is 1.72. The molecular weight excluding hydrogens is 350 g/mol. The molecule has 1 heterocycles. The van der Waals surface area contributed by atoms with E-state index in [1.807, 2.05) is 24.3 Å². The predicted octanol–water partition coefficient (Wildman–Crippen LogP) is 1.73. The normalized spacial score (nSPS) is 20.8. The van der Waals surface area contributed by atoms with Crippen molar-refractivity contribution in [2.75, 3.05) is 6.54 Å². The Hall–Kier alpha value is -1.44. The number of nitrogens with one attached hydrogen (secondary N) is 3. The van der Waals surface area contributed by atoms with Crippen LogP contribution in [0.15, 0.2) is 28.7 Å². The number of carboxylic acids is 1. The lowest BCUT2D eigenvalue weighted by atomic mass is 10.0. The molecule has 1 saturated heterocycles. The molecule has 7 heteroatoms. The summed E-state index contributed by atoms with van der Waals surface area (Å²) < 4.78 is 1.03. The Kier molecular flexibility index (Phi) is 6.35. The van der Waals surface area contributed by atoms with Crippen molar-refractivity contribution in [1.29, 1.82) is 0 Å². The van der Waals surface area contributed by atoms with Crippen LogP contribution in [0.4, 0.5) is 0 Å². The molecular formula is C15H20BrN3O3. The lowest BCUT2D eigenvalue weighted by Gasteiger charge is -2.10. The number of benzene rings is 1. The number of unbranched alkanes of at least 4 members (excludes halogenated alkanes) is 1. The average Bonchev–Trinajstić information content (AvgIpc) is 2.97. The van der Waals surface area contributed by atoms with Crippen molar-refractivity contribution in [3.05, 3.63) is 34.3 Å². The largest absolute Gasteiger partial charge is 0.481 e. The Labute approximate surface area is 137 Å². The van der Waals surface area contributed by atoms with Gasteiger partial charge in [-0.3, -0.25) is 9.59 Å². The molecule has 2 rings (SSSR count). The molecule has 0 aromatic heterocycles. The van der Waals surface area contributed by atoms with E-state index in [-0.39, 0.29) is 24.4 Å². The molecule has 0 aliphatic carbocycles. The van der Waals surface area contributed by atoms with Gasteiger partial charge in [0.05, 0.1) is 0 Å². The highest BCUT2D eigenvalue weighted by molar-refractivity contribution is 9.10. The number of halogens is 1. The highest BCUT2D eigenvalue weighted by atomic mass is 79.9. The lowest BCUT2D eigenvalue weighted by Crippen LogP contribution is -2.43. The highest BCUT2D eigenvalue weighted by Gasteiger charge is 2.29. The zero-order valence-electron chi connectivity index (χ0n) is 12.1. The van der Waals surface area contributed by atoms with Crippen molar-refractivity contribution in [2.45, 2.75) is 37.8 Å². The number of hydrazine groups is 1. The second-order valence-electron chi connectivity index (χ2n) is 5.32. The maximum absolute atomic E-state index is 12.0. The van der Waals surface area contributed by atoms with E-state index in [1.165, 1.54) is 0 Å². The van der Waals surface area contributed by atoms with Crippen LogP contribution in [0.3, 0.4) is 0 Å². The van der Waals surface area contributed by atoms with Crippen molar-refractivity contribution in [3.8, 4) is 0 Å². The van der Waals surface area contributed by atoms with E-state index < -0.39 is 5.97 Å². The van der Waals surface area contributed by atoms with Gasteiger partial charge in [0.15, 0.2) is 0 Å². The zero-order valence-corrected chi connectivity index (χ0v) is 13.7. The number of carbonyl (C=O) groups is 2. The Morgan fingerprint density at radius 3 is 2.64 bits per heavy atom. The third-order valence-corrected chi connectivity index (χ3v) is 4.14. The molecule has 0 radical (unpaired) electrons. The summed E-state index contributed by atoms with van der Waals surface area (Å²) in [7, 11) is 0. The topological polar surface area (TPSA) is 90.5 Å². The summed E-state index contributed by atoms with van der Waals surface area (Å²) in [5.74, 6) is -0.854. The summed E-state index contributed by atoms with van der Waals surface area (Å²) in [6.07, 6.45) is 2.08. The molecule has 0 spiro atoms. The van der Waals surface area contributed by atoms with Gasteiger partial charge in [0.25, 0.3) is 0 Å². The fourth-order valence-corrected chi connectivity index (χ4v) is 2.64. The van der Waals surface area contributed by atoms with Crippen LogP contribution < -0.4 is 16.2 Å². The number of carboxylic acid groups (broad SMARTS) is 1. The van der Waals surface area contributed by atoms with Crippen LogP contribution in [0, 0.1) is 0 Å². The summed E-state index contributed by atoms with van der Waals surface area (Å²) in [4.78, 5) is 22.4. The molecule has 2 atom stereocenters. The first-order chi connectivity index (χ1) is 10.6. The van der Waals surface area contributed by atoms with Crippen molar-refractivity contribution >= 4 is 27.8 Å². The first kappa shape index (κ1) is 16.9. The maximum atomic E-state index is 12.0. The molecule has 1 amide bonds. The SMILES string of the molecule is O=C(O)CCCCNC(=O)C1CC(c2ccc(Br)cc2)NN1. The van der Waals surface area contributed by atoms with E-state index in [1.54, 1.807) is 0 Å². The van der Waals surface area contributed by atoms with Crippen molar-refractivity contribution in [1.82, 2.24) is 16.2 Å². The van der Waals surface area contributed by atoms with Gasteiger partial charge in [0, 0.05) is 23.5 Å². The van der Waals surface area contributed by atoms with Crippen molar-refractivity contribution in [2.24, 2.45) is 0 Å². The van der Waals surface area contributed by atoms with E-state index in [9.17, 15) is 9.59 Å². The summed E-state index contributed by atoms with van der Waals surface area (Å²) in [5.41, 5.74) is 7.28. The number of carbonyl (C=O) groups excluding carboxylic acids is 1. The van der Waals surface area contributed by atoms with Crippen LogP contribution in [0.2, 0.25) is 0 Å². The number of hydrogen-bond donors (Lipinski definition) is 4. The molecule has 1 aliphatic heterocycles. The van der Waals surface area contributed by atoms with Gasteiger partial charge in [0.1, 0.15) is 6.04 Å². The van der Waals surface area contributed by atoms with E-state index in [0.717, 1.165) is 10.0 Å². The number of aliphatic carboxylic acids is 1. The lowest BCUT2D eigenvalue weighted by molar-refractivity contribution is -0.137. The Morgan fingerprint density at radius 2 is 1.95 bits per heavy atom. The molecule has 1 aliphatic rings. The molecule has 1 aromatic carbocycles. The summed E-state index contributed by atoms with van der Waals surface area (Å²) >= 11 is 3.40. The van der Waals surface area contributed by atoms with E-state index in [2.05, 4.69) is 32.1 Å². The van der Waals surface area contributed by atoms with E-state index >= 15 is 0 Å². The third-order valence-electron chi connectivity index (χ3n) is 3.61. The monoisotopic (exact) mass is 369 g/mol. The smallest absolute Gasteiger partial charge is 0.303 e. The standard InChI is InChI=1S/C15H20BrN3O3/c16-11-6-4-10(5-7-11)12-9-13(19-18-12)15(22)17-8-2-1-3-14(20)21/h4-7,12-13,18-19H,1-3,8-9H2,(H,17,22)(H,20,21). The van der Waals surface area contributed by atoms with Crippen molar-refractivity contribution in [3.63, 3.8) is 0 Å². The predicted molar refractivity (Wildman–Crippen MR) is 86.1 cm³/mol. The first-order valence-corrected chi connectivity index (χ1v) is 8.11. The van der Waals surface area contributed by atoms with Gasteiger partial charge in [-0.05, 0) is 37.0 Å². The second kappa shape index (κ2) is 8.26. The summed E-state index contributed by atoms with van der Waals surface area (Å²) in [6.45, 7) is 0.507. The molecule has 120 valence electrons. The van der Waals surface area contributed by atoms with Gasteiger partial charge in [-0.15, -0.1) is 0 Å². The maximum Gasteiger partial charge on any atom is 0.303 e. The molecule has 1 aromatic rings. The van der Waals surface area contributed by atoms with Gasteiger partial charge >= 0.3 is 5.97 Å². The van der Waals surface area contributed by atoms with Gasteiger partial charge in [-0.25, -0.2) is 10.9 Å². The molecule has 1 fully saturated rings. The minimum atomic E-state index is -0.801. The van der Waals surface area contributed by atoms with Crippen LogP contribution in [0.25, 0.3) is 0 Å². The van der Waals surface area contributed by atoms with Crippen LogP contribution in [-0.2, 0) is 9.59 Å². The van der Waals surface area contributed by atoms with Crippen LogP contribution in [0.1, 0.15) is 37.3 Å². The molecule has 0 bridgehead atoms. The van der Waals surface area contributed by atoms with Crippen LogP contribution >= 0.6 is 15.9 Å². The van der Waals surface area contributed by atoms with Crippen LogP contribution in [-0.4, -0.2) is 29.6 Å². The summed E-state index contributed by atoms with van der Waals surface area (Å²) in [6, 6.07) is 7.84. The van der Waals surface area contributed by atoms with Crippen LogP contribution in [0.5, 0.6) is 0 Å². The minimum Gasteiger partial charge on any atom is -0.481 e. The minimum absolute atomic E-state index is 0.0533. The quantitative estimate of drug-likeness (QED) is 0.549. The van der Waals surface area contributed by atoms with Gasteiger partial charge < -0.3 is 10.4 Å². The van der Waals surface area contributed by atoms with Gasteiger partial charge in [-0.2, -0.15) is 0 Å². The van der Waals surface area contributed by atoms with Crippen molar-refractivity contribution < 1.29 is 14.7 Å². The number of rotatable bonds is 7. The molecule has 2 unspecified atom stereocenters. The third kappa shape index (κ3) is 5.08. The van der Waals surface area contributed by atoms with E-state index in [4.69, 9.17) is 5.11 Å². The molecule has 4 N–H and O–H groups in total. The molecule has 22 heavy (non-hydrogen) atoms. The Morgan fingerprint density at radius 1 is 1.23 bits per heavy atom. The number of amides is 1. The first-order valence-electron chi connectivity index (χ1n) is 7.32. The average molecular weight is 370 g/mol. The summed E-state index contributed by atoms with van der Waals surface area (Å²) in [5, 5.41) is 11.4. The van der Waals surface area contributed by atoms with E-state index in [0.29, 0.717) is 25.8 Å². The fourth-order valence-electron chi connectivity index (χ4n) is 2.38. The van der Waals surface area contributed by atoms with Gasteiger partial charge in [-0.1, -0.05) is 28.1 Å². The van der Waals surface area contributed by atoms with Gasteiger partial charge in [0.2, 0.25) is 5.91 Å². The highest BCUT2D eigenvalue weighted by Crippen LogP contribution is 2.23. The molecule has 6 nitrogen and oxygen atoms in total. The Bertz CT molecular complexity index is 521. The zero-order chi connectivity index (χ0) is 15.9. The second-order valence-corrected chi connectivity index (χ2v) is 6.24. The number of hydrogen-bond acceptors (Lipinski definition) is 4.